The fraction of sp³-hybridized carbons (Fsp3) is 0.364. The summed E-state index contributed by atoms with van der Waals surface area (Å²) < 4.78 is 14.8. The zero-order valence-corrected chi connectivity index (χ0v) is 25.5. The van der Waals surface area contributed by atoms with Crippen LogP contribution in [-0.4, -0.2) is 41.0 Å². The molecule has 0 aliphatic heterocycles. The second kappa shape index (κ2) is 9.38. The minimum atomic E-state index is -0.569. The Morgan fingerprint density at radius 1 is 0.793 bits per heavy atom. The largest absolute Gasteiger partial charge is 0.449 e. The first-order valence-corrected chi connectivity index (χ1v) is 14.3. The average Bonchev–Trinajstić information content (AvgIpc) is 2.71. The normalized spacial score (nSPS) is 17.9. The minimum Gasteiger partial charge on any atom is -0.449 e. The lowest BCUT2D eigenvalue weighted by Crippen LogP contribution is -2.41. The van der Waals surface area contributed by atoms with Gasteiger partial charge in [-0.15, -0.1) is 0 Å². The van der Waals surface area contributed by atoms with E-state index in [1.807, 2.05) is 0 Å². The second-order valence-electron chi connectivity index (χ2n) is 9.00. The summed E-state index contributed by atoms with van der Waals surface area (Å²) in [6.07, 6.45) is 2.46. The van der Waals surface area contributed by atoms with Crippen molar-refractivity contribution in [2.75, 3.05) is 0 Å². The first-order valence-electron chi connectivity index (χ1n) is 10.3. The van der Waals surface area contributed by atoms with Gasteiger partial charge in [0.15, 0.2) is 0 Å². The zero-order chi connectivity index (χ0) is 21.1. The third kappa shape index (κ3) is 4.51. The van der Waals surface area contributed by atoms with E-state index in [0.717, 1.165) is 21.0 Å². The molecular weight excluding hydrogens is 425 g/mol. The van der Waals surface area contributed by atoms with E-state index in [0.29, 0.717) is 5.41 Å². The van der Waals surface area contributed by atoms with Crippen molar-refractivity contribution in [3.63, 3.8) is 0 Å². The average molecular weight is 459 g/mol. The van der Waals surface area contributed by atoms with Gasteiger partial charge in [-0.3, -0.25) is 0 Å². The Hall–Kier alpha value is -1.07. The van der Waals surface area contributed by atoms with Gasteiger partial charge in [-0.05, 0) is 56.3 Å². The van der Waals surface area contributed by atoms with Gasteiger partial charge in [-0.25, -0.2) is 0 Å². The molecule has 0 unspecified atom stereocenters. The minimum absolute atomic E-state index is 0.223. The number of hydrogen-bond acceptors (Lipinski definition) is 3. The summed E-state index contributed by atoms with van der Waals surface area (Å²) in [4.78, 5) is 0. The molecule has 156 valence electrons. The van der Waals surface area contributed by atoms with Crippen LogP contribution in [0.3, 0.4) is 0 Å². The number of fused-ring (bicyclic) bond motifs is 5. The summed E-state index contributed by atoms with van der Waals surface area (Å²) >= 11 is 0. The van der Waals surface area contributed by atoms with E-state index in [4.69, 9.17) is 12.3 Å². The first-order chi connectivity index (χ1) is 13.8. The first kappa shape index (κ1) is 22.6. The predicted octanol–water partition coefficient (Wildman–Crippen LogP) is 1.84. The fourth-order valence-electron chi connectivity index (χ4n) is 4.32. The number of hydrogen-bond donors (Lipinski definition) is 0. The van der Waals surface area contributed by atoms with Crippen molar-refractivity contribution < 1.29 is 12.3 Å². The van der Waals surface area contributed by atoms with Crippen LogP contribution < -0.4 is 0 Å². The maximum atomic E-state index is 5.03. The number of aryl methyl sites for hydroxylation is 1. The van der Waals surface area contributed by atoms with Crippen molar-refractivity contribution in [1.29, 1.82) is 0 Å². The van der Waals surface area contributed by atoms with Gasteiger partial charge in [0.25, 0.3) is 20.0 Å². The molecule has 3 aromatic rings. The van der Waals surface area contributed by atoms with Crippen molar-refractivity contribution in [3.8, 4) is 0 Å². The fourth-order valence-corrected chi connectivity index (χ4v) is 8.93. The van der Waals surface area contributed by atoms with Crippen molar-refractivity contribution in [1.82, 2.24) is 0 Å². The van der Waals surface area contributed by atoms with E-state index >= 15 is 0 Å². The van der Waals surface area contributed by atoms with Gasteiger partial charge in [-0.1, -0.05) is 76.2 Å². The van der Waals surface area contributed by atoms with Crippen molar-refractivity contribution in [3.05, 3.63) is 59.7 Å². The second-order valence-corrected chi connectivity index (χ2v) is 15.7. The lowest BCUT2D eigenvalue weighted by molar-refractivity contribution is 0.166. The van der Waals surface area contributed by atoms with Gasteiger partial charge in [-0.2, -0.15) is 0 Å². The summed E-state index contributed by atoms with van der Waals surface area (Å²) in [5.41, 5.74) is 3.70. The van der Waals surface area contributed by atoms with Crippen LogP contribution in [0.4, 0.5) is 0 Å². The lowest BCUT2D eigenvalue weighted by Gasteiger charge is -2.47. The molecule has 1 aliphatic carbocycles. The van der Waals surface area contributed by atoms with Gasteiger partial charge in [0, 0.05) is 0 Å². The Labute approximate surface area is 185 Å². The maximum absolute atomic E-state index is 5.03. The van der Waals surface area contributed by atoms with Crippen LogP contribution in [-0.2, 0) is 24.2 Å². The van der Waals surface area contributed by atoms with Crippen molar-refractivity contribution in [2.24, 2.45) is 5.41 Å². The predicted molar refractivity (Wildman–Crippen MR) is 137 cm³/mol. The van der Waals surface area contributed by atoms with Crippen LogP contribution >= 0.6 is 0 Å². The number of benzene rings is 3. The molecule has 0 radical (unpaired) electrons. The molecule has 29 heavy (non-hydrogen) atoms. The van der Waals surface area contributed by atoms with Crippen LogP contribution in [0.2, 0.25) is 0 Å². The molecule has 3 aromatic carbocycles. The van der Waals surface area contributed by atoms with E-state index < -0.39 is 20.0 Å². The Balaban J connectivity index is 0.000000298. The van der Waals surface area contributed by atoms with Gasteiger partial charge >= 0.3 is 0 Å². The maximum Gasteiger partial charge on any atom is 0.284 e. The van der Waals surface area contributed by atoms with Crippen LogP contribution in [0.15, 0.2) is 48.5 Å². The Morgan fingerprint density at radius 3 is 2.14 bits per heavy atom. The summed E-state index contributed by atoms with van der Waals surface area (Å²) in [5.74, 6) is 0. The molecule has 4 rings (SSSR count). The van der Waals surface area contributed by atoms with Crippen LogP contribution in [0.25, 0.3) is 21.5 Å². The van der Waals surface area contributed by atoms with E-state index in [2.05, 4.69) is 76.2 Å². The molecule has 0 saturated heterocycles. The molecular formula is C22H34O3Si4. The summed E-state index contributed by atoms with van der Waals surface area (Å²) in [6.45, 7) is 9.66. The third-order valence-electron chi connectivity index (χ3n) is 6.81. The van der Waals surface area contributed by atoms with E-state index in [9.17, 15) is 0 Å². The molecule has 3 nitrogen and oxygen atoms in total. The molecule has 1 aliphatic rings. The Kier molecular flexibility index (Phi) is 7.31. The van der Waals surface area contributed by atoms with E-state index in [1.165, 1.54) is 34.4 Å². The Morgan fingerprint density at radius 2 is 1.45 bits per heavy atom. The molecule has 0 atom stereocenters. The highest BCUT2D eigenvalue weighted by molar-refractivity contribution is 6.40. The summed E-state index contributed by atoms with van der Waals surface area (Å²) in [5, 5.41) is 5.59. The van der Waals surface area contributed by atoms with Crippen molar-refractivity contribution in [2.45, 2.75) is 46.0 Å². The smallest absolute Gasteiger partial charge is 0.284 e. The molecule has 0 bridgehead atoms. The molecule has 0 amide bonds. The third-order valence-corrected chi connectivity index (χ3v) is 10.0. The van der Waals surface area contributed by atoms with E-state index in [-0.39, 0.29) is 5.41 Å². The van der Waals surface area contributed by atoms with Gasteiger partial charge in [0.05, 0.1) is 0 Å². The van der Waals surface area contributed by atoms with Crippen LogP contribution in [0, 0.1) is 5.41 Å². The highest BCUT2D eigenvalue weighted by atomic mass is 28.4. The summed E-state index contributed by atoms with van der Waals surface area (Å²) in [7, 11) is 0.504. The topological polar surface area (TPSA) is 27.7 Å². The molecule has 0 heterocycles. The standard InChI is InChI=1S/C22H24.H10O3Si4/c1-21(2)14-13-19-18-10-9-15-7-5-6-8-16(15)17(18)11-12-20(19)22(21,3)4;4-1-6-3-7-2-5/h5-12H,13-14H2,1-4H3;6-7H2,4-5H3. The molecule has 0 spiro atoms. The van der Waals surface area contributed by atoms with Crippen LogP contribution in [0.5, 0.6) is 0 Å². The molecule has 0 aromatic heterocycles. The van der Waals surface area contributed by atoms with Crippen LogP contribution in [0.1, 0.15) is 45.2 Å². The van der Waals surface area contributed by atoms with Gasteiger partial charge in [0.1, 0.15) is 21.0 Å². The molecule has 0 fully saturated rings. The monoisotopic (exact) mass is 458 g/mol. The quantitative estimate of drug-likeness (QED) is 0.339. The summed E-state index contributed by atoms with van der Waals surface area (Å²) in [6, 6.07) is 18.1. The highest BCUT2D eigenvalue weighted by Gasteiger charge is 2.42. The molecule has 7 heteroatoms. The van der Waals surface area contributed by atoms with Gasteiger partial charge in [0.2, 0.25) is 0 Å². The van der Waals surface area contributed by atoms with E-state index in [1.54, 1.807) is 11.1 Å². The molecule has 0 saturated carbocycles. The van der Waals surface area contributed by atoms with Crippen molar-refractivity contribution >= 4 is 62.5 Å². The lowest BCUT2D eigenvalue weighted by atomic mass is 9.57. The molecule has 0 N–H and O–H groups in total. The van der Waals surface area contributed by atoms with Gasteiger partial charge < -0.3 is 12.3 Å². The SMILES string of the molecule is CC1(C)CCc2c(ccc3c2ccc2ccccc23)C1(C)C.[SiH3]O[SiH2]O[SiH2]O[SiH3]. The highest BCUT2D eigenvalue weighted by Crippen LogP contribution is 2.51. The zero-order valence-electron chi connectivity index (χ0n) is 18.7. The number of rotatable bonds is 4. The Bertz CT molecular complexity index is 984.